The summed E-state index contributed by atoms with van der Waals surface area (Å²) in [5.41, 5.74) is 1.55. The van der Waals surface area contributed by atoms with Crippen molar-refractivity contribution in [3.63, 3.8) is 0 Å². The van der Waals surface area contributed by atoms with Crippen molar-refractivity contribution in [3.8, 4) is 0 Å². The first-order valence-corrected chi connectivity index (χ1v) is 6.87. The molecule has 104 valence electrons. The molecule has 0 bridgehead atoms. The molecule has 19 heavy (non-hydrogen) atoms. The highest BCUT2D eigenvalue weighted by molar-refractivity contribution is 5.76. The highest BCUT2D eigenvalue weighted by Gasteiger charge is 2.16. The summed E-state index contributed by atoms with van der Waals surface area (Å²) >= 11 is 0. The number of hydrogen-bond donors (Lipinski definition) is 2. The molecule has 1 saturated heterocycles. The van der Waals surface area contributed by atoms with Crippen LogP contribution in [-0.2, 0) is 11.3 Å². The maximum Gasteiger partial charge on any atom is 0.220 e. The third-order valence-corrected chi connectivity index (χ3v) is 3.59. The van der Waals surface area contributed by atoms with Crippen molar-refractivity contribution in [3.05, 3.63) is 35.1 Å². The lowest BCUT2D eigenvalue weighted by atomic mass is 9.96. The highest BCUT2D eigenvalue weighted by atomic mass is 19.1. The number of amides is 1. The van der Waals surface area contributed by atoms with Crippen molar-refractivity contribution in [2.24, 2.45) is 5.92 Å². The summed E-state index contributed by atoms with van der Waals surface area (Å²) in [7, 11) is 0. The van der Waals surface area contributed by atoms with Gasteiger partial charge in [-0.05, 0) is 56.0 Å². The van der Waals surface area contributed by atoms with Crippen LogP contribution < -0.4 is 10.6 Å². The molecule has 1 amide bonds. The van der Waals surface area contributed by atoms with Crippen molar-refractivity contribution in [1.29, 1.82) is 0 Å². The van der Waals surface area contributed by atoms with E-state index in [4.69, 9.17) is 0 Å². The van der Waals surface area contributed by atoms with E-state index in [-0.39, 0.29) is 11.7 Å². The van der Waals surface area contributed by atoms with Gasteiger partial charge in [-0.25, -0.2) is 4.39 Å². The maximum absolute atomic E-state index is 13.1. The first-order chi connectivity index (χ1) is 9.15. The summed E-state index contributed by atoms with van der Waals surface area (Å²) in [4.78, 5) is 11.8. The molecule has 0 aliphatic carbocycles. The van der Waals surface area contributed by atoms with Gasteiger partial charge in [0.05, 0.1) is 0 Å². The van der Waals surface area contributed by atoms with Crippen LogP contribution in [0.2, 0.25) is 0 Å². The minimum Gasteiger partial charge on any atom is -0.352 e. The monoisotopic (exact) mass is 264 g/mol. The number of aryl methyl sites for hydroxylation is 1. The van der Waals surface area contributed by atoms with Crippen molar-refractivity contribution in [2.45, 2.75) is 32.7 Å². The second-order valence-corrected chi connectivity index (χ2v) is 5.28. The molecule has 4 heteroatoms. The third-order valence-electron chi connectivity index (χ3n) is 3.59. The van der Waals surface area contributed by atoms with E-state index in [0.717, 1.165) is 31.5 Å². The fourth-order valence-electron chi connectivity index (χ4n) is 2.45. The van der Waals surface area contributed by atoms with Crippen LogP contribution >= 0.6 is 0 Å². The van der Waals surface area contributed by atoms with Gasteiger partial charge >= 0.3 is 0 Å². The second kappa shape index (κ2) is 6.66. The predicted molar refractivity (Wildman–Crippen MR) is 73.2 cm³/mol. The number of rotatable bonds is 4. The van der Waals surface area contributed by atoms with E-state index in [1.165, 1.54) is 6.07 Å². The average Bonchev–Trinajstić information content (AvgIpc) is 2.41. The predicted octanol–water partition coefficient (Wildman–Crippen LogP) is 2.14. The molecule has 1 unspecified atom stereocenters. The minimum absolute atomic E-state index is 0.0793. The molecule has 0 spiro atoms. The molecule has 0 saturated carbocycles. The van der Waals surface area contributed by atoms with E-state index in [9.17, 15) is 9.18 Å². The Bertz CT molecular complexity index is 442. The molecule has 2 N–H and O–H groups in total. The number of benzene rings is 1. The third kappa shape index (κ3) is 4.31. The lowest BCUT2D eigenvalue weighted by molar-refractivity contribution is -0.122. The van der Waals surface area contributed by atoms with Crippen molar-refractivity contribution in [2.75, 3.05) is 13.1 Å². The summed E-state index contributed by atoms with van der Waals surface area (Å²) in [6.45, 7) is 4.20. The van der Waals surface area contributed by atoms with E-state index in [1.54, 1.807) is 19.1 Å². The quantitative estimate of drug-likeness (QED) is 0.875. The van der Waals surface area contributed by atoms with Crippen LogP contribution in [-0.4, -0.2) is 19.0 Å². The molecule has 1 aliphatic rings. The van der Waals surface area contributed by atoms with Crippen LogP contribution in [0.4, 0.5) is 4.39 Å². The molecule has 3 nitrogen and oxygen atoms in total. The summed E-state index contributed by atoms with van der Waals surface area (Å²) in [6.07, 6.45) is 2.85. The lowest BCUT2D eigenvalue weighted by Gasteiger charge is -2.22. The lowest BCUT2D eigenvalue weighted by Crippen LogP contribution is -2.34. The molecular weight excluding hydrogens is 243 g/mol. The molecular formula is C15H21FN2O. The summed E-state index contributed by atoms with van der Waals surface area (Å²) < 4.78 is 13.1. The SMILES string of the molecule is Cc1cc(CNC(=O)CC2CCCNC2)ccc1F. The molecule has 1 aromatic carbocycles. The summed E-state index contributed by atoms with van der Waals surface area (Å²) in [5, 5.41) is 6.21. The smallest absolute Gasteiger partial charge is 0.220 e. The molecule has 1 atom stereocenters. The maximum atomic E-state index is 13.1. The Morgan fingerprint density at radius 2 is 2.37 bits per heavy atom. The Labute approximate surface area is 113 Å². The molecule has 1 aliphatic heterocycles. The highest BCUT2D eigenvalue weighted by Crippen LogP contribution is 2.14. The normalized spacial score (nSPS) is 19.2. The van der Waals surface area contributed by atoms with Gasteiger partial charge in [-0.3, -0.25) is 4.79 Å². The zero-order valence-corrected chi connectivity index (χ0v) is 11.3. The van der Waals surface area contributed by atoms with Crippen LogP contribution in [0.25, 0.3) is 0 Å². The molecule has 0 radical (unpaired) electrons. The van der Waals surface area contributed by atoms with Crippen molar-refractivity contribution >= 4 is 5.91 Å². The molecule has 1 fully saturated rings. The Hall–Kier alpha value is -1.42. The fraction of sp³-hybridized carbons (Fsp3) is 0.533. The molecule has 1 aromatic rings. The number of nitrogens with one attached hydrogen (secondary N) is 2. The zero-order valence-electron chi connectivity index (χ0n) is 11.3. The van der Waals surface area contributed by atoms with Gasteiger partial charge in [0.15, 0.2) is 0 Å². The van der Waals surface area contributed by atoms with Gasteiger partial charge in [-0.2, -0.15) is 0 Å². The van der Waals surface area contributed by atoms with Crippen molar-refractivity contribution in [1.82, 2.24) is 10.6 Å². The Kier molecular flexibility index (Phi) is 4.91. The first-order valence-electron chi connectivity index (χ1n) is 6.87. The van der Waals surface area contributed by atoms with E-state index in [0.29, 0.717) is 24.4 Å². The molecule has 0 aromatic heterocycles. The van der Waals surface area contributed by atoms with Crippen LogP contribution in [0.5, 0.6) is 0 Å². The van der Waals surface area contributed by atoms with E-state index in [2.05, 4.69) is 10.6 Å². The van der Waals surface area contributed by atoms with Gasteiger partial charge in [0.2, 0.25) is 5.91 Å². The van der Waals surface area contributed by atoms with Gasteiger partial charge in [0.25, 0.3) is 0 Å². The number of hydrogen-bond acceptors (Lipinski definition) is 2. The van der Waals surface area contributed by atoms with Crippen LogP contribution in [0, 0.1) is 18.7 Å². The Balaban J connectivity index is 1.77. The number of piperidine rings is 1. The average molecular weight is 264 g/mol. The standard InChI is InChI=1S/C15H21FN2O/c1-11-7-13(4-5-14(11)16)10-18-15(19)8-12-3-2-6-17-9-12/h4-5,7,12,17H,2-3,6,8-10H2,1H3,(H,18,19). The van der Waals surface area contributed by atoms with Crippen LogP contribution in [0.1, 0.15) is 30.4 Å². The van der Waals surface area contributed by atoms with Gasteiger partial charge in [0.1, 0.15) is 5.82 Å². The van der Waals surface area contributed by atoms with Gasteiger partial charge in [-0.1, -0.05) is 12.1 Å². The fourth-order valence-corrected chi connectivity index (χ4v) is 2.45. The second-order valence-electron chi connectivity index (χ2n) is 5.28. The van der Waals surface area contributed by atoms with Gasteiger partial charge < -0.3 is 10.6 Å². The van der Waals surface area contributed by atoms with E-state index < -0.39 is 0 Å². The zero-order chi connectivity index (χ0) is 13.7. The van der Waals surface area contributed by atoms with Gasteiger partial charge in [-0.15, -0.1) is 0 Å². The summed E-state index contributed by atoms with van der Waals surface area (Å²) in [5.74, 6) is 0.322. The van der Waals surface area contributed by atoms with Crippen molar-refractivity contribution < 1.29 is 9.18 Å². The van der Waals surface area contributed by atoms with Crippen LogP contribution in [0.3, 0.4) is 0 Å². The van der Waals surface area contributed by atoms with Gasteiger partial charge in [0, 0.05) is 13.0 Å². The number of halogens is 1. The number of carbonyl (C=O) groups excluding carboxylic acids is 1. The number of carbonyl (C=O) groups is 1. The molecule has 2 rings (SSSR count). The Morgan fingerprint density at radius 3 is 3.05 bits per heavy atom. The van der Waals surface area contributed by atoms with E-state index >= 15 is 0 Å². The molecule has 1 heterocycles. The van der Waals surface area contributed by atoms with E-state index in [1.807, 2.05) is 0 Å². The topological polar surface area (TPSA) is 41.1 Å². The summed E-state index contributed by atoms with van der Waals surface area (Å²) in [6, 6.07) is 4.93. The first kappa shape index (κ1) is 14.0. The minimum atomic E-state index is -0.205. The largest absolute Gasteiger partial charge is 0.352 e. The van der Waals surface area contributed by atoms with Crippen LogP contribution in [0.15, 0.2) is 18.2 Å². The Morgan fingerprint density at radius 1 is 1.53 bits per heavy atom.